The largest absolute Gasteiger partial charge is 0.476 e. The van der Waals surface area contributed by atoms with E-state index in [1.165, 1.54) is 17.1 Å². The number of rotatable bonds is 16. The molecule has 360 valence electrons. The topological polar surface area (TPSA) is 244 Å². The fourth-order valence-electron chi connectivity index (χ4n) is 8.19. The molecule has 0 bridgehead atoms. The highest BCUT2D eigenvalue weighted by atomic mass is 32.2. The van der Waals surface area contributed by atoms with Crippen molar-refractivity contribution in [3.8, 4) is 0 Å². The number of amides is 1. The maximum Gasteiger partial charge on any atom is 0.356 e. The quantitative estimate of drug-likeness (QED) is 0.0573. The van der Waals surface area contributed by atoms with Crippen LogP contribution in [0, 0.1) is 10.8 Å². The number of hydrogen-bond donors (Lipinski definition) is 4. The third-order valence-corrected chi connectivity index (χ3v) is 14.7. The van der Waals surface area contributed by atoms with Gasteiger partial charge in [0.15, 0.2) is 11.4 Å². The van der Waals surface area contributed by atoms with Gasteiger partial charge in [-0.05, 0) is 72.1 Å². The Morgan fingerprint density at radius 2 is 1.54 bits per heavy atom. The maximum absolute atomic E-state index is 12.8. The molecule has 5 N–H and O–H groups in total. The van der Waals surface area contributed by atoms with Crippen LogP contribution in [0.25, 0.3) is 0 Å². The Balaban J connectivity index is 0.000000175. The van der Waals surface area contributed by atoms with Gasteiger partial charge in [-0.1, -0.05) is 59.5 Å². The molecule has 2 atom stereocenters. The molecule has 0 spiro atoms. The van der Waals surface area contributed by atoms with Gasteiger partial charge in [-0.3, -0.25) is 29.2 Å². The summed E-state index contributed by atoms with van der Waals surface area (Å²) < 4.78 is 34.8. The number of nitrogens with one attached hydrogen (secondary N) is 2. The zero-order valence-electron chi connectivity index (χ0n) is 39.9. The van der Waals surface area contributed by atoms with Gasteiger partial charge in [0.2, 0.25) is 0 Å². The summed E-state index contributed by atoms with van der Waals surface area (Å²) in [5.74, 6) is -0.432. The molecule has 67 heavy (non-hydrogen) atoms. The van der Waals surface area contributed by atoms with Crippen LogP contribution in [0.15, 0.2) is 73.8 Å². The van der Waals surface area contributed by atoms with E-state index in [4.69, 9.17) is 10.5 Å². The van der Waals surface area contributed by atoms with E-state index < -0.39 is 29.9 Å². The van der Waals surface area contributed by atoms with Gasteiger partial charge in [0.25, 0.3) is 5.91 Å². The van der Waals surface area contributed by atoms with Crippen molar-refractivity contribution >= 4 is 52.9 Å². The number of pyridine rings is 2. The fraction of sp³-hybridized carbons (Fsp3) is 0.478. The summed E-state index contributed by atoms with van der Waals surface area (Å²) in [6.45, 7) is 16.7. The van der Waals surface area contributed by atoms with Crippen molar-refractivity contribution in [1.29, 1.82) is 0 Å². The number of carbonyl (C=O) groups excluding carboxylic acids is 1. The van der Waals surface area contributed by atoms with E-state index in [1.807, 2.05) is 23.1 Å². The molecule has 0 saturated heterocycles. The Kier molecular flexibility index (Phi) is 16.0. The molecule has 18 nitrogen and oxygen atoms in total. The molecule has 6 aromatic heterocycles. The Morgan fingerprint density at radius 1 is 0.910 bits per heavy atom. The highest BCUT2D eigenvalue weighted by Crippen LogP contribution is 2.39. The number of aromatic nitrogens is 10. The number of carboxylic acids is 1. The average molecular weight is 973 g/mol. The van der Waals surface area contributed by atoms with Crippen LogP contribution in [-0.2, 0) is 47.0 Å². The number of nitrogens with two attached hydrogens (primary N) is 1. The predicted octanol–water partition coefficient (Wildman–Crippen LogP) is 6.84. The Hall–Kier alpha value is -5.64. The number of fused-ring (bicyclic) bond motifs is 2. The standard InChI is InChI=1S/C20H24N6O3S.C15H26N2O3Si.C11H14N4S/c1-20(2)7-15-16(8-20)24-25-18(15)19(27)23-14-10-22-26(11-14)17(12-30(3,28)29)13-5-4-6-21-9-13;1-15(2)8-11-12(9-15)17(16-13(11)14(18)19)10-20-6-7-21(3,4)5;1-16-8-11(9-3-2-4-13-5-9)15-7-10(12)6-14-15/h4-6,9-11,17H,7-8,12H2,1-3H3,(H,23,27)(H,24,25);6-10H2,1-5H3,(H,18,19);2-7,11H,8,12H2,1H3. The van der Waals surface area contributed by atoms with Crippen molar-refractivity contribution in [2.24, 2.45) is 10.8 Å². The van der Waals surface area contributed by atoms with E-state index in [0.717, 1.165) is 77.7 Å². The molecule has 2 aliphatic carbocycles. The second-order valence-electron chi connectivity index (χ2n) is 20.1. The molecule has 0 aliphatic heterocycles. The lowest BCUT2D eigenvalue weighted by Gasteiger charge is -2.17. The molecule has 0 saturated carbocycles. The van der Waals surface area contributed by atoms with E-state index >= 15 is 0 Å². The first-order valence-electron chi connectivity index (χ1n) is 22.1. The summed E-state index contributed by atoms with van der Waals surface area (Å²) in [5.41, 5.74) is 13.4. The van der Waals surface area contributed by atoms with Gasteiger partial charge < -0.3 is 20.9 Å². The molecule has 2 unspecified atom stereocenters. The van der Waals surface area contributed by atoms with Crippen LogP contribution < -0.4 is 11.1 Å². The normalized spacial score (nSPS) is 15.6. The molecular weight excluding hydrogens is 909 g/mol. The molecule has 0 fully saturated rings. The zero-order chi connectivity index (χ0) is 48.7. The summed E-state index contributed by atoms with van der Waals surface area (Å²) in [6, 6.07) is 8.30. The number of sulfone groups is 1. The molecular formula is C46H64N12O6S2Si. The molecule has 8 rings (SSSR count). The minimum Gasteiger partial charge on any atom is -0.476 e. The second-order valence-corrected chi connectivity index (χ2v) is 28.8. The molecule has 1 amide bonds. The van der Waals surface area contributed by atoms with Crippen LogP contribution in [0.1, 0.15) is 94.4 Å². The highest BCUT2D eigenvalue weighted by Gasteiger charge is 2.37. The minimum absolute atomic E-state index is 0.104. The van der Waals surface area contributed by atoms with Crippen molar-refractivity contribution in [3.05, 3.63) is 119 Å². The third kappa shape index (κ3) is 14.0. The van der Waals surface area contributed by atoms with Crippen molar-refractivity contribution < 1.29 is 27.9 Å². The van der Waals surface area contributed by atoms with Crippen molar-refractivity contribution in [3.63, 3.8) is 0 Å². The molecule has 0 radical (unpaired) electrons. The number of hydrogen-bond acceptors (Lipinski definition) is 13. The number of carboxylic acid groups (broad SMARTS) is 1. The van der Waals surface area contributed by atoms with Crippen LogP contribution in [0.5, 0.6) is 0 Å². The molecule has 6 heterocycles. The Bertz CT molecular complexity index is 2730. The smallest absolute Gasteiger partial charge is 0.356 e. The second kappa shape index (κ2) is 21.1. The number of anilines is 2. The number of nitrogen functional groups attached to an aromatic ring is 1. The van der Waals surface area contributed by atoms with E-state index in [1.54, 1.807) is 59.6 Å². The number of H-pyrrole nitrogens is 1. The fourth-order valence-corrected chi connectivity index (χ4v) is 10.5. The molecule has 2 aliphatic rings. The van der Waals surface area contributed by atoms with Crippen LogP contribution in [-0.4, -0.2) is 114 Å². The average Bonchev–Trinajstić information content (AvgIpc) is 4.11. The summed E-state index contributed by atoms with van der Waals surface area (Å²) in [4.78, 5) is 32.3. The molecule has 6 aromatic rings. The van der Waals surface area contributed by atoms with Crippen molar-refractivity contribution in [2.75, 3.05) is 41.7 Å². The number of thioether (sulfide) groups is 1. The van der Waals surface area contributed by atoms with Gasteiger partial charge >= 0.3 is 5.97 Å². The Labute approximate surface area is 397 Å². The number of aromatic carboxylic acids is 1. The van der Waals surface area contributed by atoms with E-state index in [0.29, 0.717) is 23.8 Å². The first-order valence-corrected chi connectivity index (χ1v) is 29.2. The van der Waals surface area contributed by atoms with E-state index in [-0.39, 0.29) is 34.2 Å². The minimum atomic E-state index is -3.28. The monoisotopic (exact) mass is 972 g/mol. The first kappa shape index (κ1) is 50.8. The number of nitrogens with zero attached hydrogens (tertiary/aromatic N) is 9. The lowest BCUT2D eigenvalue weighted by molar-refractivity contribution is 0.0664. The van der Waals surface area contributed by atoms with Crippen molar-refractivity contribution in [2.45, 2.75) is 97.9 Å². The third-order valence-electron chi connectivity index (χ3n) is 11.4. The predicted molar refractivity (Wildman–Crippen MR) is 264 cm³/mol. The van der Waals surface area contributed by atoms with Crippen LogP contribution >= 0.6 is 11.8 Å². The van der Waals surface area contributed by atoms with Crippen LogP contribution in [0.3, 0.4) is 0 Å². The Morgan fingerprint density at radius 3 is 2.12 bits per heavy atom. The molecule has 21 heteroatoms. The first-order chi connectivity index (χ1) is 31.5. The van der Waals surface area contributed by atoms with Gasteiger partial charge in [0, 0.05) is 86.4 Å². The maximum atomic E-state index is 12.8. The summed E-state index contributed by atoms with van der Waals surface area (Å²) >= 11 is 1.78. The molecule has 0 aromatic carbocycles. The van der Waals surface area contributed by atoms with Gasteiger partial charge in [-0.2, -0.15) is 32.2 Å². The van der Waals surface area contributed by atoms with Crippen LogP contribution in [0.4, 0.5) is 11.4 Å². The van der Waals surface area contributed by atoms with Gasteiger partial charge in [-0.15, -0.1) is 0 Å². The van der Waals surface area contributed by atoms with Gasteiger partial charge in [0.05, 0.1) is 41.6 Å². The zero-order valence-corrected chi connectivity index (χ0v) is 42.5. The summed E-state index contributed by atoms with van der Waals surface area (Å²) in [6.07, 6.45) is 20.1. The lowest BCUT2D eigenvalue weighted by Crippen LogP contribution is -2.22. The number of ether oxygens (including phenoxy) is 1. The van der Waals surface area contributed by atoms with Gasteiger partial charge in [0.1, 0.15) is 16.6 Å². The number of carbonyl (C=O) groups is 2. The van der Waals surface area contributed by atoms with E-state index in [2.05, 4.69) is 100 Å². The van der Waals surface area contributed by atoms with Gasteiger partial charge in [-0.25, -0.2) is 17.9 Å². The SMILES string of the molecule is CC1(C)Cc2[nH]nc(C(=O)Nc3cnn(C(CS(C)(=O)=O)c4cccnc4)c3)c2C1.CC1(C)Cc2c(C(=O)O)nn(COCC[Si](C)(C)C)c2C1.CSCC(c1cccnc1)n1cc(N)cn1. The van der Waals surface area contributed by atoms with Crippen molar-refractivity contribution in [1.82, 2.24) is 49.5 Å². The highest BCUT2D eigenvalue weighted by molar-refractivity contribution is 7.98. The van der Waals surface area contributed by atoms with E-state index in [9.17, 15) is 23.1 Å². The summed E-state index contributed by atoms with van der Waals surface area (Å²) in [7, 11) is -4.38. The summed E-state index contributed by atoms with van der Waals surface area (Å²) in [5, 5.41) is 32.1. The number of aromatic amines is 1. The lowest BCUT2D eigenvalue weighted by atomic mass is 9.90. The van der Waals surface area contributed by atoms with Crippen LogP contribution in [0.2, 0.25) is 25.7 Å².